The van der Waals surface area contributed by atoms with E-state index in [1.165, 1.54) is 0 Å². The van der Waals surface area contributed by atoms with Crippen molar-refractivity contribution in [2.45, 2.75) is 19.4 Å². The zero-order valence-corrected chi connectivity index (χ0v) is 12.0. The Kier molecular flexibility index (Phi) is 5.26. The lowest BCUT2D eigenvalue weighted by Gasteiger charge is -2.25. The average molecular weight is 322 g/mol. The van der Waals surface area contributed by atoms with Gasteiger partial charge in [-0.05, 0) is 10.7 Å². The highest BCUT2D eigenvalue weighted by Gasteiger charge is 2.37. The topological polar surface area (TPSA) is 113 Å². The lowest BCUT2D eigenvalue weighted by molar-refractivity contribution is -0.239. The minimum atomic E-state index is -1.38. The van der Waals surface area contributed by atoms with Gasteiger partial charge >= 0.3 is 12.1 Å². The summed E-state index contributed by atoms with van der Waals surface area (Å²) in [6.45, 7) is -0.958. The summed E-state index contributed by atoms with van der Waals surface area (Å²) in [6.07, 6.45) is -1.36. The standard InChI is InChI=1S/C14H14N2O7/c17-11-6-7-12(18)16(11)15(8-13(19)20)23-14(21)22-9-10-4-2-1-3-5-10/h1-5H,6-9H2,(H,19,20). The van der Waals surface area contributed by atoms with Crippen LogP contribution < -0.4 is 0 Å². The van der Waals surface area contributed by atoms with E-state index in [1.54, 1.807) is 30.3 Å². The van der Waals surface area contributed by atoms with Crippen LogP contribution in [0.15, 0.2) is 30.3 Å². The first kappa shape index (κ1) is 16.4. The minimum absolute atomic E-state index is 0.0720. The van der Waals surface area contributed by atoms with Gasteiger partial charge in [0, 0.05) is 12.8 Å². The number of nitrogens with zero attached hydrogens (tertiary/aromatic N) is 2. The van der Waals surface area contributed by atoms with E-state index in [-0.39, 0.29) is 19.4 Å². The predicted octanol–water partition coefficient (Wildman–Crippen LogP) is 0.705. The maximum absolute atomic E-state index is 11.7. The number of ether oxygens (including phenoxy) is 1. The summed E-state index contributed by atoms with van der Waals surface area (Å²) in [5.41, 5.74) is 0.697. The summed E-state index contributed by atoms with van der Waals surface area (Å²) in [5.74, 6) is -2.67. The number of carboxylic acids is 1. The molecule has 23 heavy (non-hydrogen) atoms. The Hall–Kier alpha value is -2.94. The van der Waals surface area contributed by atoms with Gasteiger partial charge in [-0.15, -0.1) is 0 Å². The van der Waals surface area contributed by atoms with Crippen molar-refractivity contribution >= 4 is 23.9 Å². The number of aliphatic carboxylic acids is 1. The third-order valence-electron chi connectivity index (χ3n) is 2.90. The van der Waals surface area contributed by atoms with Crippen LogP contribution in [0.5, 0.6) is 0 Å². The lowest BCUT2D eigenvalue weighted by atomic mass is 10.2. The normalized spacial score (nSPS) is 14.2. The van der Waals surface area contributed by atoms with Crippen molar-refractivity contribution in [2.24, 2.45) is 0 Å². The second-order valence-corrected chi connectivity index (χ2v) is 4.62. The quantitative estimate of drug-likeness (QED) is 0.463. The number of carbonyl (C=O) groups is 4. The number of rotatable bonds is 6. The number of amides is 2. The molecule has 1 aliphatic heterocycles. The molecule has 1 saturated heterocycles. The molecule has 0 aliphatic carbocycles. The Bertz CT molecular complexity index is 601. The Morgan fingerprint density at radius 1 is 1.13 bits per heavy atom. The van der Waals surface area contributed by atoms with Crippen molar-refractivity contribution < 1.29 is 33.9 Å². The Balaban J connectivity index is 1.97. The number of hydroxylamine groups is 1. The second-order valence-electron chi connectivity index (χ2n) is 4.62. The molecule has 1 fully saturated rings. The molecule has 2 amide bonds. The summed E-state index contributed by atoms with van der Waals surface area (Å²) >= 11 is 0. The van der Waals surface area contributed by atoms with E-state index in [0.29, 0.717) is 15.7 Å². The van der Waals surface area contributed by atoms with Crippen LogP contribution in [0.2, 0.25) is 0 Å². The van der Waals surface area contributed by atoms with Crippen LogP contribution in [0, 0.1) is 0 Å². The third-order valence-corrected chi connectivity index (χ3v) is 2.90. The molecule has 1 aliphatic rings. The van der Waals surface area contributed by atoms with Crippen LogP contribution in [0.1, 0.15) is 18.4 Å². The van der Waals surface area contributed by atoms with E-state index in [0.717, 1.165) is 0 Å². The molecule has 0 spiro atoms. The smallest absolute Gasteiger partial charge is 0.480 e. The van der Waals surface area contributed by atoms with Gasteiger partial charge in [0.15, 0.2) is 6.54 Å². The molecule has 9 nitrogen and oxygen atoms in total. The Labute approximate surface area is 130 Å². The maximum Gasteiger partial charge on any atom is 0.529 e. The van der Waals surface area contributed by atoms with Gasteiger partial charge in [-0.2, -0.15) is 5.01 Å². The SMILES string of the molecule is O=C(O)CN(OC(=O)OCc1ccccc1)N1C(=O)CCC1=O. The zero-order valence-electron chi connectivity index (χ0n) is 12.0. The fourth-order valence-corrected chi connectivity index (χ4v) is 1.90. The van der Waals surface area contributed by atoms with E-state index in [9.17, 15) is 19.2 Å². The molecular weight excluding hydrogens is 308 g/mol. The van der Waals surface area contributed by atoms with E-state index in [2.05, 4.69) is 4.84 Å². The zero-order chi connectivity index (χ0) is 16.8. The summed E-state index contributed by atoms with van der Waals surface area (Å²) in [7, 11) is 0. The lowest BCUT2D eigenvalue weighted by Crippen LogP contribution is -2.49. The van der Waals surface area contributed by atoms with E-state index in [1.807, 2.05) is 0 Å². The first-order chi connectivity index (χ1) is 11.0. The van der Waals surface area contributed by atoms with Gasteiger partial charge in [-0.1, -0.05) is 30.3 Å². The maximum atomic E-state index is 11.7. The molecule has 2 rings (SSSR count). The highest BCUT2D eigenvalue weighted by Crippen LogP contribution is 2.16. The van der Waals surface area contributed by atoms with E-state index >= 15 is 0 Å². The van der Waals surface area contributed by atoms with Gasteiger partial charge in [-0.25, -0.2) is 4.79 Å². The van der Waals surface area contributed by atoms with Crippen LogP contribution in [-0.4, -0.2) is 45.8 Å². The molecule has 0 aromatic heterocycles. The average Bonchev–Trinajstić information content (AvgIpc) is 2.84. The van der Waals surface area contributed by atoms with Crippen LogP contribution in [0.25, 0.3) is 0 Å². The minimum Gasteiger partial charge on any atom is -0.480 e. The van der Waals surface area contributed by atoms with Crippen molar-refractivity contribution in [2.75, 3.05) is 6.54 Å². The molecule has 1 N–H and O–H groups in total. The van der Waals surface area contributed by atoms with Gasteiger partial charge < -0.3 is 14.7 Å². The van der Waals surface area contributed by atoms with Crippen molar-refractivity contribution in [3.05, 3.63) is 35.9 Å². The predicted molar refractivity (Wildman–Crippen MR) is 73.1 cm³/mol. The molecule has 1 aromatic rings. The highest BCUT2D eigenvalue weighted by atomic mass is 16.8. The van der Waals surface area contributed by atoms with E-state index in [4.69, 9.17) is 9.84 Å². The number of hydrogen-bond donors (Lipinski definition) is 1. The number of benzene rings is 1. The fraction of sp³-hybridized carbons (Fsp3) is 0.286. The first-order valence-corrected chi connectivity index (χ1v) is 6.71. The van der Waals surface area contributed by atoms with Crippen molar-refractivity contribution in [3.63, 3.8) is 0 Å². The molecule has 0 atom stereocenters. The van der Waals surface area contributed by atoms with Crippen LogP contribution in [-0.2, 0) is 30.6 Å². The molecule has 0 saturated carbocycles. The van der Waals surface area contributed by atoms with Gasteiger partial charge in [-0.3, -0.25) is 14.4 Å². The summed E-state index contributed by atoms with van der Waals surface area (Å²) in [4.78, 5) is 50.4. The Morgan fingerprint density at radius 3 is 2.30 bits per heavy atom. The van der Waals surface area contributed by atoms with Crippen LogP contribution >= 0.6 is 0 Å². The number of imide groups is 1. The number of hydrogen-bond acceptors (Lipinski definition) is 7. The molecule has 1 aromatic carbocycles. The molecular formula is C14H14N2O7. The Morgan fingerprint density at radius 2 is 1.74 bits per heavy atom. The van der Waals surface area contributed by atoms with Crippen molar-refractivity contribution in [3.8, 4) is 0 Å². The number of hydrazine groups is 1. The van der Waals surface area contributed by atoms with Crippen LogP contribution in [0.4, 0.5) is 4.79 Å². The number of carbonyl (C=O) groups excluding carboxylic acids is 3. The summed E-state index contributed by atoms with van der Waals surface area (Å²) in [6, 6.07) is 8.73. The van der Waals surface area contributed by atoms with E-state index < -0.39 is 30.5 Å². The van der Waals surface area contributed by atoms with Crippen molar-refractivity contribution in [1.29, 1.82) is 0 Å². The molecule has 0 bridgehead atoms. The fourth-order valence-electron chi connectivity index (χ4n) is 1.90. The number of carboxylic acid groups (broad SMARTS) is 1. The monoisotopic (exact) mass is 322 g/mol. The molecule has 0 unspecified atom stereocenters. The first-order valence-electron chi connectivity index (χ1n) is 6.71. The molecule has 9 heteroatoms. The third kappa shape index (κ3) is 4.51. The summed E-state index contributed by atoms with van der Waals surface area (Å²) in [5, 5.41) is 9.71. The molecule has 122 valence electrons. The van der Waals surface area contributed by atoms with Gasteiger partial charge in [0.1, 0.15) is 6.61 Å². The van der Waals surface area contributed by atoms with Gasteiger partial charge in [0.05, 0.1) is 0 Å². The second kappa shape index (κ2) is 7.36. The largest absolute Gasteiger partial charge is 0.529 e. The highest BCUT2D eigenvalue weighted by molar-refractivity contribution is 6.01. The van der Waals surface area contributed by atoms with Gasteiger partial charge in [0.25, 0.3) is 0 Å². The van der Waals surface area contributed by atoms with Crippen LogP contribution in [0.3, 0.4) is 0 Å². The van der Waals surface area contributed by atoms with Gasteiger partial charge in [0.2, 0.25) is 11.8 Å². The molecule has 0 radical (unpaired) electrons. The molecule has 1 heterocycles. The van der Waals surface area contributed by atoms with Crippen molar-refractivity contribution in [1.82, 2.24) is 10.2 Å². The summed E-state index contributed by atoms with van der Waals surface area (Å²) < 4.78 is 4.83.